The number of carbonyl (C=O) groups excluding carboxylic acids is 2. The largest absolute Gasteiger partial charge is 0.402 e. The predicted molar refractivity (Wildman–Crippen MR) is 100 cm³/mol. The number of aromatic nitrogens is 1. The van der Waals surface area contributed by atoms with Crippen molar-refractivity contribution in [3.63, 3.8) is 0 Å². The first-order chi connectivity index (χ1) is 12.5. The van der Waals surface area contributed by atoms with E-state index in [-0.39, 0.29) is 17.5 Å². The highest BCUT2D eigenvalue weighted by Gasteiger charge is 2.26. The smallest absolute Gasteiger partial charge is 0.363 e. The van der Waals surface area contributed by atoms with E-state index in [0.29, 0.717) is 16.1 Å². The number of halogens is 1. The molecule has 6 heteroatoms. The Hall–Kier alpha value is -3.18. The number of carbonyl (C=O) groups is 2. The lowest BCUT2D eigenvalue weighted by Gasteiger charge is -2.00. The van der Waals surface area contributed by atoms with Crippen LogP contribution in [0, 0.1) is 0 Å². The minimum absolute atomic E-state index is 0.111. The number of cyclic esters (lactones) is 1. The summed E-state index contributed by atoms with van der Waals surface area (Å²) in [6, 6.07) is 14.5. The van der Waals surface area contributed by atoms with Crippen molar-refractivity contribution in [2.45, 2.75) is 6.92 Å². The van der Waals surface area contributed by atoms with Gasteiger partial charge in [-0.05, 0) is 24.3 Å². The van der Waals surface area contributed by atoms with Crippen molar-refractivity contribution >= 4 is 46.4 Å². The van der Waals surface area contributed by atoms with Crippen LogP contribution in [0.2, 0.25) is 5.02 Å². The summed E-state index contributed by atoms with van der Waals surface area (Å²) >= 11 is 6.14. The summed E-state index contributed by atoms with van der Waals surface area (Å²) in [6.45, 7) is 1.49. The number of esters is 1. The number of nitrogens with zero attached hydrogens (tertiary/aromatic N) is 2. The molecule has 2 aromatic carbocycles. The third kappa shape index (κ3) is 2.72. The van der Waals surface area contributed by atoms with E-state index in [4.69, 9.17) is 16.3 Å². The molecule has 2 heterocycles. The molecule has 5 nitrogen and oxygen atoms in total. The van der Waals surface area contributed by atoms with Crippen LogP contribution in [0.25, 0.3) is 17.0 Å². The van der Waals surface area contributed by atoms with Gasteiger partial charge in [0.1, 0.15) is 0 Å². The molecule has 128 valence electrons. The Morgan fingerprint density at radius 2 is 1.88 bits per heavy atom. The summed E-state index contributed by atoms with van der Waals surface area (Å²) in [6.07, 6.45) is 3.31. The zero-order chi connectivity index (χ0) is 18.3. The van der Waals surface area contributed by atoms with Crippen molar-refractivity contribution in [1.82, 2.24) is 4.57 Å². The van der Waals surface area contributed by atoms with Gasteiger partial charge in [0, 0.05) is 24.1 Å². The predicted octanol–water partition coefficient (Wildman–Crippen LogP) is 4.30. The van der Waals surface area contributed by atoms with Gasteiger partial charge in [0.05, 0.1) is 16.1 Å². The van der Waals surface area contributed by atoms with Gasteiger partial charge in [-0.2, -0.15) is 0 Å². The number of hydrogen-bond donors (Lipinski definition) is 0. The van der Waals surface area contributed by atoms with Gasteiger partial charge in [0.2, 0.25) is 11.8 Å². The van der Waals surface area contributed by atoms with Crippen molar-refractivity contribution in [1.29, 1.82) is 0 Å². The molecule has 1 aromatic heterocycles. The SMILES string of the molecule is CC(=O)n1cc(/C=C2/N=C(c3ccccc3Cl)OC2=O)c2ccccc21. The summed E-state index contributed by atoms with van der Waals surface area (Å²) in [4.78, 5) is 28.4. The van der Waals surface area contributed by atoms with Crippen molar-refractivity contribution in [2.75, 3.05) is 0 Å². The standard InChI is InChI=1S/C20H13ClN2O3/c1-12(24)23-11-13(14-6-3-5-9-18(14)23)10-17-20(25)26-19(22-17)15-7-2-4-8-16(15)21/h2-11H,1H3/b17-10+. The van der Waals surface area contributed by atoms with Crippen molar-refractivity contribution in [3.8, 4) is 0 Å². The fourth-order valence-electron chi connectivity index (χ4n) is 2.89. The maximum absolute atomic E-state index is 12.2. The molecule has 0 amide bonds. The molecular weight excluding hydrogens is 352 g/mol. The number of hydrogen-bond acceptors (Lipinski definition) is 4. The van der Waals surface area contributed by atoms with Crippen LogP contribution in [0.15, 0.2) is 65.4 Å². The van der Waals surface area contributed by atoms with E-state index in [1.165, 1.54) is 6.92 Å². The Balaban J connectivity index is 1.82. The highest BCUT2D eigenvalue weighted by Crippen LogP contribution is 2.27. The molecule has 3 aromatic rings. The first kappa shape index (κ1) is 16.3. The number of fused-ring (bicyclic) bond motifs is 1. The monoisotopic (exact) mass is 364 g/mol. The summed E-state index contributed by atoms with van der Waals surface area (Å²) in [5.74, 6) is -0.498. The molecule has 0 fully saturated rings. The average Bonchev–Trinajstić information content (AvgIpc) is 3.17. The minimum atomic E-state index is -0.556. The Morgan fingerprint density at radius 1 is 1.15 bits per heavy atom. The van der Waals surface area contributed by atoms with Gasteiger partial charge in [-0.25, -0.2) is 9.79 Å². The summed E-state index contributed by atoms with van der Waals surface area (Å²) < 4.78 is 6.81. The van der Waals surface area contributed by atoms with E-state index in [1.54, 1.807) is 41.1 Å². The highest BCUT2D eigenvalue weighted by atomic mass is 35.5. The first-order valence-electron chi connectivity index (χ1n) is 7.93. The van der Waals surface area contributed by atoms with Crippen molar-refractivity contribution in [2.24, 2.45) is 4.99 Å². The van der Waals surface area contributed by atoms with Gasteiger partial charge in [0.25, 0.3) is 0 Å². The van der Waals surface area contributed by atoms with Crippen LogP contribution >= 0.6 is 11.6 Å². The van der Waals surface area contributed by atoms with E-state index >= 15 is 0 Å². The van der Waals surface area contributed by atoms with E-state index in [2.05, 4.69) is 4.99 Å². The van der Waals surface area contributed by atoms with Crippen LogP contribution in [-0.2, 0) is 9.53 Å². The number of para-hydroxylation sites is 1. The van der Waals surface area contributed by atoms with E-state index < -0.39 is 5.97 Å². The Labute approximate surface area is 154 Å². The zero-order valence-electron chi connectivity index (χ0n) is 13.8. The number of benzene rings is 2. The third-order valence-corrected chi connectivity index (χ3v) is 4.43. The van der Waals surface area contributed by atoms with Gasteiger partial charge in [-0.1, -0.05) is 41.9 Å². The molecule has 1 aliphatic rings. The van der Waals surface area contributed by atoms with Gasteiger partial charge in [0.15, 0.2) is 5.70 Å². The second kappa shape index (κ2) is 6.28. The molecule has 0 saturated heterocycles. The molecule has 4 rings (SSSR count). The third-order valence-electron chi connectivity index (χ3n) is 4.10. The van der Waals surface area contributed by atoms with Crippen LogP contribution in [0.1, 0.15) is 22.8 Å². The summed E-state index contributed by atoms with van der Waals surface area (Å²) in [7, 11) is 0. The first-order valence-corrected chi connectivity index (χ1v) is 8.31. The quantitative estimate of drug-likeness (QED) is 0.503. The minimum Gasteiger partial charge on any atom is -0.402 e. The number of aliphatic imine (C=N–C) groups is 1. The fourth-order valence-corrected chi connectivity index (χ4v) is 3.10. The Morgan fingerprint density at radius 3 is 2.65 bits per heavy atom. The van der Waals surface area contributed by atoms with Crippen molar-refractivity contribution in [3.05, 3.63) is 76.6 Å². The molecule has 0 unspecified atom stereocenters. The number of rotatable bonds is 2. The highest BCUT2D eigenvalue weighted by molar-refractivity contribution is 6.34. The van der Waals surface area contributed by atoms with Crippen LogP contribution in [0.4, 0.5) is 0 Å². The lowest BCUT2D eigenvalue weighted by molar-refractivity contribution is -0.129. The Bertz CT molecular complexity index is 1130. The Kier molecular flexibility index (Phi) is 3.93. The van der Waals surface area contributed by atoms with Crippen molar-refractivity contribution < 1.29 is 14.3 Å². The maximum Gasteiger partial charge on any atom is 0.363 e. The second-order valence-corrected chi connectivity index (χ2v) is 6.21. The van der Waals surface area contributed by atoms with E-state index in [9.17, 15) is 9.59 Å². The van der Waals surface area contributed by atoms with Crippen LogP contribution in [-0.4, -0.2) is 22.3 Å². The molecule has 0 saturated carbocycles. The summed E-state index contributed by atoms with van der Waals surface area (Å²) in [5.41, 5.74) is 2.20. The van der Waals surface area contributed by atoms with Crippen LogP contribution < -0.4 is 0 Å². The molecule has 26 heavy (non-hydrogen) atoms. The van der Waals surface area contributed by atoms with Gasteiger partial charge in [-0.15, -0.1) is 0 Å². The van der Waals surface area contributed by atoms with E-state index in [0.717, 1.165) is 10.9 Å². The lowest BCUT2D eigenvalue weighted by Crippen LogP contribution is -2.05. The molecule has 0 N–H and O–H groups in total. The molecule has 0 spiro atoms. The topological polar surface area (TPSA) is 60.7 Å². The fraction of sp³-hybridized carbons (Fsp3) is 0.0500. The van der Waals surface area contributed by atoms with E-state index in [1.807, 2.05) is 24.3 Å². The average molecular weight is 365 g/mol. The van der Waals surface area contributed by atoms with Gasteiger partial charge < -0.3 is 4.74 Å². The molecule has 0 radical (unpaired) electrons. The second-order valence-electron chi connectivity index (χ2n) is 5.81. The van der Waals surface area contributed by atoms with Crippen LogP contribution in [0.5, 0.6) is 0 Å². The normalized spacial score (nSPS) is 15.4. The van der Waals surface area contributed by atoms with Gasteiger partial charge in [-0.3, -0.25) is 9.36 Å². The summed E-state index contributed by atoms with van der Waals surface area (Å²) in [5, 5.41) is 1.30. The van der Waals surface area contributed by atoms with Crippen LogP contribution in [0.3, 0.4) is 0 Å². The maximum atomic E-state index is 12.2. The van der Waals surface area contributed by atoms with Gasteiger partial charge >= 0.3 is 5.97 Å². The molecule has 0 bridgehead atoms. The molecule has 0 aliphatic carbocycles. The molecule has 0 atom stereocenters. The molecule has 1 aliphatic heterocycles. The molecular formula is C20H13ClN2O3. The number of ether oxygens (including phenoxy) is 1. The lowest BCUT2D eigenvalue weighted by atomic mass is 10.1. The zero-order valence-corrected chi connectivity index (χ0v) is 14.5.